The molecule has 9 heteroatoms. The molecule has 0 unspecified atom stereocenters. The van der Waals surface area contributed by atoms with Crippen molar-refractivity contribution in [3.63, 3.8) is 0 Å². The van der Waals surface area contributed by atoms with Crippen LogP contribution in [0, 0.1) is 0 Å². The number of carbonyl (C=O) groups excluding carboxylic acids is 1. The topological polar surface area (TPSA) is 78.1 Å². The molecule has 4 rings (SSSR count). The van der Waals surface area contributed by atoms with Gasteiger partial charge in [-0.15, -0.1) is 0 Å². The normalized spacial score (nSPS) is 16.0. The summed E-state index contributed by atoms with van der Waals surface area (Å²) in [5.74, 6) is 1.00. The minimum absolute atomic E-state index is 0.111. The number of carbonyl (C=O) groups is 1. The number of amides is 1. The first-order valence-electron chi connectivity index (χ1n) is 12.7. The number of fused-ring (bicyclic) bond motifs is 1. The minimum atomic E-state index is -0.557. The highest BCUT2D eigenvalue weighted by atomic mass is 35.5. The third-order valence-electron chi connectivity index (χ3n) is 6.23. The van der Waals surface area contributed by atoms with Crippen LogP contribution in [0.25, 0.3) is 17.0 Å². The molecule has 2 aromatic heterocycles. The van der Waals surface area contributed by atoms with Crippen molar-refractivity contribution in [2.45, 2.75) is 78.0 Å². The molecular weight excluding hydrogens is 480 g/mol. The number of rotatable bonds is 8. The van der Waals surface area contributed by atoms with Crippen molar-refractivity contribution >= 4 is 23.5 Å². The number of aryl methyl sites for hydroxylation is 1. The van der Waals surface area contributed by atoms with Crippen LogP contribution in [-0.4, -0.2) is 49.7 Å². The Labute approximate surface area is 216 Å². The molecule has 0 radical (unpaired) electrons. The predicted molar refractivity (Wildman–Crippen MR) is 141 cm³/mol. The van der Waals surface area contributed by atoms with E-state index in [-0.39, 0.29) is 24.3 Å². The molecule has 0 aliphatic carbocycles. The Hall–Kier alpha value is -3.00. The zero-order valence-electron chi connectivity index (χ0n) is 21.5. The zero-order valence-corrected chi connectivity index (χ0v) is 22.3. The molecule has 0 N–H and O–H groups in total. The standard InChI is InChI=1S/C27H35ClN4O4/c1-5-6-7-14-31-24(35-18-21-9-8-15-30(21)26(34)36-27(2,3)4)16-23(33)32-17-22(29-25(31)32)19-10-12-20(28)13-11-19/h10-13,16-17,21H,5-9,14-15,18H2,1-4H3/t21-/m1/s1. The van der Waals surface area contributed by atoms with Crippen LogP contribution in [0.15, 0.2) is 41.3 Å². The maximum Gasteiger partial charge on any atom is 0.410 e. The summed E-state index contributed by atoms with van der Waals surface area (Å²) in [6, 6.07) is 8.79. The van der Waals surface area contributed by atoms with Gasteiger partial charge in [0.2, 0.25) is 11.7 Å². The van der Waals surface area contributed by atoms with Gasteiger partial charge in [-0.25, -0.2) is 9.78 Å². The fourth-order valence-electron chi connectivity index (χ4n) is 4.44. The SMILES string of the molecule is CCCCCn1c(OC[C@H]2CCCN2C(=O)OC(C)(C)C)cc(=O)n2cc(-c3ccc(Cl)cc3)nc12. The second-order valence-electron chi connectivity index (χ2n) is 10.3. The van der Waals surface area contributed by atoms with E-state index in [1.807, 2.05) is 37.5 Å². The lowest BCUT2D eigenvalue weighted by Crippen LogP contribution is -2.42. The first-order valence-corrected chi connectivity index (χ1v) is 13.1. The van der Waals surface area contributed by atoms with Crippen molar-refractivity contribution in [1.82, 2.24) is 18.9 Å². The second-order valence-corrected chi connectivity index (χ2v) is 10.7. The number of halogens is 1. The van der Waals surface area contributed by atoms with Crippen molar-refractivity contribution < 1.29 is 14.3 Å². The van der Waals surface area contributed by atoms with E-state index >= 15 is 0 Å². The van der Waals surface area contributed by atoms with Gasteiger partial charge >= 0.3 is 6.09 Å². The van der Waals surface area contributed by atoms with E-state index < -0.39 is 5.60 Å². The van der Waals surface area contributed by atoms with Gasteiger partial charge in [0, 0.05) is 29.9 Å². The van der Waals surface area contributed by atoms with Crippen LogP contribution in [0.3, 0.4) is 0 Å². The number of hydrogen-bond acceptors (Lipinski definition) is 5. The second kappa shape index (κ2) is 10.9. The Balaban J connectivity index is 1.62. The monoisotopic (exact) mass is 514 g/mol. The van der Waals surface area contributed by atoms with Crippen LogP contribution in [0.5, 0.6) is 5.88 Å². The molecule has 0 spiro atoms. The van der Waals surface area contributed by atoms with Crippen LogP contribution < -0.4 is 10.3 Å². The third kappa shape index (κ3) is 6.03. The first kappa shape index (κ1) is 26.1. The van der Waals surface area contributed by atoms with Crippen molar-refractivity contribution in [3.05, 3.63) is 51.9 Å². The Morgan fingerprint density at radius 3 is 2.64 bits per heavy atom. The molecule has 1 fully saturated rings. The molecule has 0 bridgehead atoms. The van der Waals surface area contributed by atoms with E-state index in [0.29, 0.717) is 35.5 Å². The molecule has 1 amide bonds. The van der Waals surface area contributed by atoms with Crippen LogP contribution in [-0.2, 0) is 11.3 Å². The molecule has 1 aliphatic rings. The fraction of sp³-hybridized carbons (Fsp3) is 0.519. The summed E-state index contributed by atoms with van der Waals surface area (Å²) >= 11 is 6.04. The van der Waals surface area contributed by atoms with Crippen molar-refractivity contribution in [2.75, 3.05) is 13.2 Å². The molecule has 8 nitrogen and oxygen atoms in total. The van der Waals surface area contributed by atoms with Gasteiger partial charge in [0.15, 0.2) is 0 Å². The molecule has 1 aromatic carbocycles. The number of aromatic nitrogens is 3. The average Bonchev–Trinajstić information content (AvgIpc) is 3.47. The van der Waals surface area contributed by atoms with Crippen LogP contribution >= 0.6 is 11.6 Å². The van der Waals surface area contributed by atoms with Crippen molar-refractivity contribution in [3.8, 4) is 17.1 Å². The van der Waals surface area contributed by atoms with Gasteiger partial charge in [0.05, 0.1) is 17.8 Å². The highest BCUT2D eigenvalue weighted by Gasteiger charge is 2.33. The molecule has 3 aromatic rings. The number of nitrogens with zero attached hydrogens (tertiary/aromatic N) is 4. The van der Waals surface area contributed by atoms with E-state index in [1.54, 1.807) is 27.6 Å². The summed E-state index contributed by atoms with van der Waals surface area (Å²) in [6.45, 7) is 9.32. The average molecular weight is 515 g/mol. The predicted octanol–water partition coefficient (Wildman–Crippen LogP) is 5.78. The summed E-state index contributed by atoms with van der Waals surface area (Å²) in [5.41, 5.74) is 0.800. The number of imidazole rings is 1. The van der Waals surface area contributed by atoms with Crippen LogP contribution in [0.4, 0.5) is 4.79 Å². The molecule has 194 valence electrons. The van der Waals surface area contributed by atoms with E-state index in [1.165, 1.54) is 6.07 Å². The van der Waals surface area contributed by atoms with Crippen LogP contribution in [0.2, 0.25) is 5.02 Å². The Bertz CT molecular complexity index is 1260. The number of likely N-dealkylation sites (tertiary alicyclic amines) is 1. The largest absolute Gasteiger partial charge is 0.476 e. The van der Waals surface area contributed by atoms with Gasteiger partial charge < -0.3 is 14.4 Å². The first-order chi connectivity index (χ1) is 17.2. The van der Waals surface area contributed by atoms with E-state index in [9.17, 15) is 9.59 Å². The summed E-state index contributed by atoms with van der Waals surface area (Å²) in [6.07, 6.45) is 6.20. The quantitative estimate of drug-likeness (QED) is 0.356. The summed E-state index contributed by atoms with van der Waals surface area (Å²) in [4.78, 5) is 32.2. The van der Waals surface area contributed by atoms with E-state index in [2.05, 4.69) is 6.92 Å². The fourth-order valence-corrected chi connectivity index (χ4v) is 4.56. The number of hydrogen-bond donors (Lipinski definition) is 0. The molecule has 3 heterocycles. The van der Waals surface area contributed by atoms with Gasteiger partial charge in [-0.05, 0) is 52.2 Å². The van der Waals surface area contributed by atoms with Crippen LogP contribution in [0.1, 0.15) is 59.8 Å². The maximum atomic E-state index is 13.0. The Morgan fingerprint density at radius 1 is 1.19 bits per heavy atom. The van der Waals surface area contributed by atoms with Gasteiger partial charge in [-0.3, -0.25) is 13.8 Å². The summed E-state index contributed by atoms with van der Waals surface area (Å²) in [5, 5.41) is 0.643. The Morgan fingerprint density at radius 2 is 1.94 bits per heavy atom. The molecule has 36 heavy (non-hydrogen) atoms. The highest BCUT2D eigenvalue weighted by molar-refractivity contribution is 6.30. The zero-order chi connectivity index (χ0) is 25.9. The molecule has 0 saturated carbocycles. The minimum Gasteiger partial charge on any atom is -0.476 e. The maximum absolute atomic E-state index is 13.0. The molecular formula is C27H35ClN4O4. The van der Waals surface area contributed by atoms with Gasteiger partial charge in [-0.1, -0.05) is 43.5 Å². The van der Waals surface area contributed by atoms with Gasteiger partial charge in [0.1, 0.15) is 12.2 Å². The number of unbranched alkanes of at least 4 members (excludes halogenated alkanes) is 2. The third-order valence-corrected chi connectivity index (χ3v) is 6.49. The summed E-state index contributed by atoms with van der Waals surface area (Å²) in [7, 11) is 0. The van der Waals surface area contributed by atoms with Crippen molar-refractivity contribution in [2.24, 2.45) is 0 Å². The van der Waals surface area contributed by atoms with Crippen molar-refractivity contribution in [1.29, 1.82) is 0 Å². The smallest absolute Gasteiger partial charge is 0.410 e. The summed E-state index contributed by atoms with van der Waals surface area (Å²) < 4.78 is 15.3. The molecule has 1 saturated heterocycles. The van der Waals surface area contributed by atoms with Gasteiger partial charge in [0.25, 0.3) is 5.56 Å². The number of ether oxygens (including phenoxy) is 2. The van der Waals surface area contributed by atoms with E-state index in [0.717, 1.165) is 37.7 Å². The van der Waals surface area contributed by atoms with E-state index in [4.69, 9.17) is 26.1 Å². The lowest BCUT2D eigenvalue weighted by Gasteiger charge is -2.28. The van der Waals surface area contributed by atoms with Gasteiger partial charge in [-0.2, -0.15) is 0 Å². The lowest BCUT2D eigenvalue weighted by atomic mass is 10.2. The highest BCUT2D eigenvalue weighted by Crippen LogP contribution is 2.25. The number of benzene rings is 1. The Kier molecular flexibility index (Phi) is 7.93. The molecule has 1 aliphatic heterocycles. The lowest BCUT2D eigenvalue weighted by molar-refractivity contribution is 0.0184. The molecule has 1 atom stereocenters.